The third kappa shape index (κ3) is 2.72. The number of hydrogen-bond acceptors (Lipinski definition) is 6. The Morgan fingerprint density at radius 3 is 2.73 bits per heavy atom. The minimum atomic E-state index is -0.284. The maximum atomic E-state index is 12.5. The lowest BCUT2D eigenvalue weighted by molar-refractivity contribution is 0.0886. The number of hydrogen-bond donors (Lipinski definition) is 1. The van der Waals surface area contributed by atoms with Gasteiger partial charge in [0.25, 0.3) is 5.89 Å². The van der Waals surface area contributed by atoms with Crippen LogP contribution in [-0.2, 0) is 0 Å². The molecule has 2 aliphatic rings. The number of nitrogens with one attached hydrogen (secondary N) is 1. The van der Waals surface area contributed by atoms with Gasteiger partial charge in [0.2, 0.25) is 0 Å². The molecule has 0 unspecified atom stereocenters. The van der Waals surface area contributed by atoms with E-state index in [9.17, 15) is 4.79 Å². The van der Waals surface area contributed by atoms with Gasteiger partial charge in [-0.15, -0.1) is 21.5 Å². The van der Waals surface area contributed by atoms with Gasteiger partial charge in [-0.25, -0.2) is 4.98 Å². The summed E-state index contributed by atoms with van der Waals surface area (Å²) in [4.78, 5) is 16.6. The largest absolute Gasteiger partial charge is 0.411 e. The van der Waals surface area contributed by atoms with E-state index in [1.807, 2.05) is 5.38 Å². The van der Waals surface area contributed by atoms with Crippen LogP contribution >= 0.6 is 11.3 Å². The number of rotatable bonds is 4. The number of fused-ring (bicyclic) bond motifs is 2. The van der Waals surface area contributed by atoms with Crippen LogP contribution in [0.25, 0.3) is 11.6 Å². The summed E-state index contributed by atoms with van der Waals surface area (Å²) in [7, 11) is 0. The van der Waals surface area contributed by atoms with E-state index in [1.165, 1.54) is 23.3 Å². The van der Waals surface area contributed by atoms with Gasteiger partial charge >= 0.3 is 11.8 Å². The Kier molecular flexibility index (Phi) is 3.81. The number of thiazole rings is 1. The molecule has 26 heavy (non-hydrogen) atoms. The highest BCUT2D eigenvalue weighted by Crippen LogP contribution is 2.52. The number of carbonyl (C=O) groups is 1. The zero-order chi connectivity index (χ0) is 17.5. The smallest absolute Gasteiger partial charge is 0.309 e. The molecule has 6 nitrogen and oxygen atoms in total. The van der Waals surface area contributed by atoms with Crippen molar-refractivity contribution in [1.82, 2.24) is 20.5 Å². The predicted molar refractivity (Wildman–Crippen MR) is 96.7 cm³/mol. The third-order valence-corrected chi connectivity index (χ3v) is 6.26. The molecule has 0 saturated heterocycles. The van der Waals surface area contributed by atoms with Crippen molar-refractivity contribution < 1.29 is 9.21 Å². The molecule has 2 saturated carbocycles. The quantitative estimate of drug-likeness (QED) is 0.764. The molecule has 0 aliphatic heterocycles. The van der Waals surface area contributed by atoms with Gasteiger partial charge < -0.3 is 9.73 Å². The fourth-order valence-corrected chi connectivity index (χ4v) is 5.05. The van der Waals surface area contributed by atoms with Gasteiger partial charge in [-0.1, -0.05) is 30.3 Å². The second-order valence-electron chi connectivity index (χ2n) is 7.11. The van der Waals surface area contributed by atoms with Crippen LogP contribution in [0.3, 0.4) is 0 Å². The minimum absolute atomic E-state index is 0.00961. The van der Waals surface area contributed by atoms with E-state index >= 15 is 0 Å². The van der Waals surface area contributed by atoms with Crippen molar-refractivity contribution in [3.8, 4) is 11.6 Å². The fraction of sp³-hybridized carbons (Fsp3) is 0.368. The van der Waals surface area contributed by atoms with Crippen molar-refractivity contribution in [3.63, 3.8) is 0 Å². The lowest BCUT2D eigenvalue weighted by Crippen LogP contribution is -2.39. The second-order valence-corrected chi connectivity index (χ2v) is 7.83. The van der Waals surface area contributed by atoms with E-state index in [1.54, 1.807) is 5.51 Å². The molecule has 4 atom stereocenters. The minimum Gasteiger partial charge on any atom is -0.411 e. The highest BCUT2D eigenvalue weighted by Gasteiger charge is 2.46. The lowest BCUT2D eigenvalue weighted by atomic mass is 9.81. The second kappa shape index (κ2) is 6.32. The molecule has 5 rings (SSSR count). The summed E-state index contributed by atoms with van der Waals surface area (Å²) in [5, 5.41) is 12.7. The summed E-state index contributed by atoms with van der Waals surface area (Å²) in [6, 6.07) is 10.9. The topological polar surface area (TPSA) is 80.9 Å². The molecule has 1 amide bonds. The van der Waals surface area contributed by atoms with E-state index in [0.717, 1.165) is 12.8 Å². The zero-order valence-corrected chi connectivity index (χ0v) is 14.9. The molecule has 0 radical (unpaired) electrons. The van der Waals surface area contributed by atoms with Crippen LogP contribution in [0.5, 0.6) is 0 Å². The Hall–Kier alpha value is -2.54. The van der Waals surface area contributed by atoms with Crippen molar-refractivity contribution in [2.45, 2.75) is 31.2 Å². The molecule has 2 fully saturated rings. The number of amides is 1. The first-order valence-corrected chi connectivity index (χ1v) is 9.80. The maximum Gasteiger partial charge on any atom is 0.309 e. The van der Waals surface area contributed by atoms with E-state index in [0.29, 0.717) is 23.4 Å². The third-order valence-electron chi connectivity index (χ3n) is 5.67. The first kappa shape index (κ1) is 15.7. The van der Waals surface area contributed by atoms with Crippen LogP contribution in [0, 0.1) is 11.8 Å². The van der Waals surface area contributed by atoms with Crippen molar-refractivity contribution >= 4 is 17.2 Å². The van der Waals surface area contributed by atoms with Crippen molar-refractivity contribution in [2.24, 2.45) is 11.8 Å². The fourth-order valence-electron chi connectivity index (χ4n) is 4.53. The summed E-state index contributed by atoms with van der Waals surface area (Å²) >= 11 is 1.45. The first-order chi connectivity index (χ1) is 12.8. The summed E-state index contributed by atoms with van der Waals surface area (Å²) < 4.78 is 5.48. The first-order valence-electron chi connectivity index (χ1n) is 8.86. The van der Waals surface area contributed by atoms with E-state index in [-0.39, 0.29) is 23.7 Å². The SMILES string of the molecule is O=C(N[C@@H]1C[C@H]2C[C@@H]1C[C@H]2c1ccccc1)c1nnc(-c2cscn2)o1. The van der Waals surface area contributed by atoms with Crippen LogP contribution in [0.1, 0.15) is 41.4 Å². The molecule has 7 heteroatoms. The molecule has 3 aromatic rings. The Morgan fingerprint density at radius 1 is 1.12 bits per heavy atom. The molecule has 2 bridgehead atoms. The summed E-state index contributed by atoms with van der Waals surface area (Å²) in [5.41, 5.74) is 3.72. The monoisotopic (exact) mass is 366 g/mol. The van der Waals surface area contributed by atoms with Crippen molar-refractivity contribution in [1.29, 1.82) is 0 Å². The molecule has 0 spiro atoms. The molecular weight excluding hydrogens is 348 g/mol. The number of carbonyl (C=O) groups excluding carboxylic acids is 1. The van der Waals surface area contributed by atoms with E-state index < -0.39 is 0 Å². The van der Waals surface area contributed by atoms with E-state index in [4.69, 9.17) is 4.42 Å². The molecule has 2 heterocycles. The van der Waals surface area contributed by atoms with Crippen LogP contribution in [-0.4, -0.2) is 27.1 Å². The summed E-state index contributed by atoms with van der Waals surface area (Å²) in [5.74, 6) is 1.79. The van der Waals surface area contributed by atoms with Gasteiger partial charge in [-0.3, -0.25) is 4.79 Å². The summed E-state index contributed by atoms with van der Waals surface area (Å²) in [6.45, 7) is 0. The Morgan fingerprint density at radius 2 is 2.00 bits per heavy atom. The normalized spacial score (nSPS) is 26.9. The molecule has 1 aromatic carbocycles. The number of aromatic nitrogens is 3. The molecule has 2 aromatic heterocycles. The van der Waals surface area contributed by atoms with Gasteiger partial charge in [-0.2, -0.15) is 0 Å². The predicted octanol–water partition coefficient (Wildman–Crippen LogP) is 3.51. The summed E-state index contributed by atoms with van der Waals surface area (Å²) in [6.07, 6.45) is 3.33. The van der Waals surface area contributed by atoms with Gasteiger partial charge in [0.05, 0.1) is 5.51 Å². The Bertz CT molecular complexity index is 909. The Labute approximate surface area is 154 Å². The number of nitrogens with zero attached hydrogens (tertiary/aromatic N) is 3. The standard InChI is InChI=1S/C19H18N4O2S/c24-17(19-23-22-18(25-19)16-9-26-10-20-16)21-15-8-12-6-13(15)7-14(12)11-4-2-1-3-5-11/h1-5,9-10,12-15H,6-8H2,(H,21,24)/t12-,13-,14+,15-/m1/s1. The van der Waals surface area contributed by atoms with Crippen LogP contribution in [0.2, 0.25) is 0 Å². The Balaban J connectivity index is 1.24. The molecule has 1 N–H and O–H groups in total. The molecule has 2 aliphatic carbocycles. The van der Waals surface area contributed by atoms with Gasteiger partial charge in [0, 0.05) is 11.4 Å². The van der Waals surface area contributed by atoms with E-state index in [2.05, 4.69) is 50.8 Å². The molecule has 132 valence electrons. The van der Waals surface area contributed by atoms with Crippen LogP contribution in [0.15, 0.2) is 45.6 Å². The van der Waals surface area contributed by atoms with Crippen LogP contribution in [0.4, 0.5) is 0 Å². The average molecular weight is 366 g/mol. The molecular formula is C19H18N4O2S. The van der Waals surface area contributed by atoms with Crippen molar-refractivity contribution in [3.05, 3.63) is 52.7 Å². The van der Waals surface area contributed by atoms with Gasteiger partial charge in [0.15, 0.2) is 0 Å². The highest BCUT2D eigenvalue weighted by atomic mass is 32.1. The highest BCUT2D eigenvalue weighted by molar-refractivity contribution is 7.07. The van der Waals surface area contributed by atoms with Gasteiger partial charge in [0.1, 0.15) is 5.69 Å². The van der Waals surface area contributed by atoms with Crippen LogP contribution < -0.4 is 5.32 Å². The average Bonchev–Trinajstić information content (AvgIpc) is 3.45. The number of benzene rings is 1. The lowest BCUT2D eigenvalue weighted by Gasteiger charge is -2.28. The van der Waals surface area contributed by atoms with Gasteiger partial charge in [-0.05, 0) is 42.6 Å². The maximum absolute atomic E-state index is 12.5. The van der Waals surface area contributed by atoms with Crippen molar-refractivity contribution in [2.75, 3.05) is 0 Å². The zero-order valence-electron chi connectivity index (χ0n) is 14.0.